The first-order chi connectivity index (χ1) is 11.6. The highest BCUT2D eigenvalue weighted by Crippen LogP contribution is 2.28. The number of carbonyl (C=O) groups is 1. The number of benzene rings is 1. The largest absolute Gasteiger partial charge is 0.443 e. The van der Waals surface area contributed by atoms with E-state index in [2.05, 4.69) is 20.9 Å². The number of halogens is 1. The molecule has 0 aliphatic carbocycles. The molecule has 0 spiro atoms. The van der Waals surface area contributed by atoms with E-state index < -0.39 is 22.9 Å². The predicted molar refractivity (Wildman–Crippen MR) is 99.3 cm³/mol. The normalized spacial score (nSPS) is 12.0. The standard InChI is InChI=1S/C17H18BrN3O4/c1-5-20-14(22)13-12(19-15(20)23)10-7-6-9(18)8-11(10)21(13)16(24)25-17(2,3)4/h6-8H,5H2,1-4H3,(H,19,23). The van der Waals surface area contributed by atoms with Crippen LogP contribution in [0.3, 0.4) is 0 Å². The molecule has 0 aliphatic heterocycles. The van der Waals surface area contributed by atoms with Crippen LogP contribution in [0.5, 0.6) is 0 Å². The van der Waals surface area contributed by atoms with Crippen LogP contribution >= 0.6 is 15.9 Å². The van der Waals surface area contributed by atoms with Crippen molar-refractivity contribution in [3.63, 3.8) is 0 Å². The van der Waals surface area contributed by atoms with E-state index in [4.69, 9.17) is 4.74 Å². The minimum atomic E-state index is -0.724. The van der Waals surface area contributed by atoms with Gasteiger partial charge in [0.15, 0.2) is 0 Å². The molecule has 1 N–H and O–H groups in total. The third-order valence-corrected chi connectivity index (χ3v) is 4.24. The lowest BCUT2D eigenvalue weighted by molar-refractivity contribution is 0.0551. The van der Waals surface area contributed by atoms with Gasteiger partial charge in [0.05, 0.1) is 11.0 Å². The second-order valence-corrected chi connectivity index (χ2v) is 7.60. The molecule has 8 heteroatoms. The maximum Gasteiger partial charge on any atom is 0.419 e. The third kappa shape index (κ3) is 2.90. The Hall–Kier alpha value is -2.35. The molecule has 3 rings (SSSR count). The van der Waals surface area contributed by atoms with Gasteiger partial charge in [-0.15, -0.1) is 0 Å². The van der Waals surface area contributed by atoms with Crippen molar-refractivity contribution in [2.45, 2.75) is 39.8 Å². The fraction of sp³-hybridized carbons (Fsp3) is 0.353. The molecule has 25 heavy (non-hydrogen) atoms. The highest BCUT2D eigenvalue weighted by atomic mass is 79.9. The average molecular weight is 408 g/mol. The minimum Gasteiger partial charge on any atom is -0.443 e. The van der Waals surface area contributed by atoms with E-state index in [1.807, 2.05) is 0 Å². The maximum absolute atomic E-state index is 12.8. The molecule has 0 amide bonds. The summed E-state index contributed by atoms with van der Waals surface area (Å²) in [5, 5.41) is 0.599. The molecule has 1 aromatic carbocycles. The van der Waals surface area contributed by atoms with E-state index in [1.54, 1.807) is 45.9 Å². The molecule has 132 valence electrons. The van der Waals surface area contributed by atoms with Gasteiger partial charge in [0.2, 0.25) is 0 Å². The van der Waals surface area contributed by atoms with Gasteiger partial charge < -0.3 is 9.72 Å². The average Bonchev–Trinajstić information content (AvgIpc) is 2.79. The molecule has 2 heterocycles. The quantitative estimate of drug-likeness (QED) is 0.670. The fourth-order valence-corrected chi connectivity index (χ4v) is 3.12. The van der Waals surface area contributed by atoms with Crippen molar-refractivity contribution in [2.75, 3.05) is 0 Å². The van der Waals surface area contributed by atoms with E-state index in [9.17, 15) is 14.4 Å². The van der Waals surface area contributed by atoms with Crippen LogP contribution in [0.15, 0.2) is 32.3 Å². The monoisotopic (exact) mass is 407 g/mol. The van der Waals surface area contributed by atoms with Crippen LogP contribution in [0.4, 0.5) is 4.79 Å². The number of aromatic nitrogens is 3. The number of hydrogen-bond donors (Lipinski definition) is 1. The van der Waals surface area contributed by atoms with Gasteiger partial charge in [0, 0.05) is 16.4 Å². The molecule has 0 saturated heterocycles. The van der Waals surface area contributed by atoms with Crippen LogP contribution in [-0.4, -0.2) is 25.8 Å². The third-order valence-electron chi connectivity index (χ3n) is 3.75. The number of carbonyl (C=O) groups excluding carboxylic acids is 1. The first-order valence-electron chi connectivity index (χ1n) is 7.84. The van der Waals surface area contributed by atoms with Crippen molar-refractivity contribution in [3.8, 4) is 0 Å². The van der Waals surface area contributed by atoms with Crippen LogP contribution < -0.4 is 11.2 Å². The molecule has 0 atom stereocenters. The van der Waals surface area contributed by atoms with E-state index in [-0.39, 0.29) is 12.1 Å². The first kappa shape index (κ1) is 17.5. The fourth-order valence-electron chi connectivity index (χ4n) is 2.77. The first-order valence-corrected chi connectivity index (χ1v) is 8.63. The number of aromatic amines is 1. The topological polar surface area (TPSA) is 86.1 Å². The molecule has 0 fully saturated rings. The Kier molecular flexibility index (Phi) is 4.10. The summed E-state index contributed by atoms with van der Waals surface area (Å²) in [5.41, 5.74) is -0.847. The van der Waals surface area contributed by atoms with Crippen molar-refractivity contribution < 1.29 is 9.53 Å². The van der Waals surface area contributed by atoms with E-state index in [0.29, 0.717) is 16.4 Å². The zero-order valence-corrected chi connectivity index (χ0v) is 15.9. The molecule has 7 nitrogen and oxygen atoms in total. The highest BCUT2D eigenvalue weighted by Gasteiger charge is 2.25. The van der Waals surface area contributed by atoms with Crippen LogP contribution in [0.25, 0.3) is 21.9 Å². The summed E-state index contributed by atoms with van der Waals surface area (Å²) >= 11 is 3.37. The van der Waals surface area contributed by atoms with Crippen LogP contribution in [0, 0.1) is 0 Å². The molecule has 2 aromatic heterocycles. The van der Waals surface area contributed by atoms with Crippen LogP contribution in [0.2, 0.25) is 0 Å². The zero-order valence-electron chi connectivity index (χ0n) is 14.3. The van der Waals surface area contributed by atoms with Gasteiger partial charge in [0.25, 0.3) is 5.56 Å². The number of H-pyrrole nitrogens is 1. The Balaban J connectivity index is 2.50. The van der Waals surface area contributed by atoms with Crippen molar-refractivity contribution in [1.82, 2.24) is 14.1 Å². The van der Waals surface area contributed by atoms with Gasteiger partial charge >= 0.3 is 11.8 Å². The van der Waals surface area contributed by atoms with Gasteiger partial charge in [-0.05, 0) is 45.9 Å². The minimum absolute atomic E-state index is 0.101. The number of nitrogens with one attached hydrogen (secondary N) is 1. The summed E-state index contributed by atoms with van der Waals surface area (Å²) in [5.74, 6) is 0. The van der Waals surface area contributed by atoms with E-state index in [0.717, 1.165) is 9.04 Å². The summed E-state index contributed by atoms with van der Waals surface area (Å²) in [6.45, 7) is 7.14. The van der Waals surface area contributed by atoms with Crippen molar-refractivity contribution in [2.24, 2.45) is 0 Å². The smallest absolute Gasteiger partial charge is 0.419 e. The lowest BCUT2D eigenvalue weighted by atomic mass is 10.2. The van der Waals surface area contributed by atoms with Gasteiger partial charge in [0.1, 0.15) is 11.1 Å². The molecule has 0 saturated carbocycles. The number of fused-ring (bicyclic) bond motifs is 3. The molecule has 0 aliphatic rings. The zero-order chi connectivity index (χ0) is 18.5. The Bertz CT molecular complexity index is 1120. The summed E-state index contributed by atoms with van der Waals surface area (Å²) in [6, 6.07) is 5.24. The number of rotatable bonds is 1. The summed E-state index contributed by atoms with van der Waals surface area (Å²) in [7, 11) is 0. The lowest BCUT2D eigenvalue weighted by Crippen LogP contribution is -2.36. The van der Waals surface area contributed by atoms with E-state index >= 15 is 0 Å². The summed E-state index contributed by atoms with van der Waals surface area (Å²) in [4.78, 5) is 40.5. The second-order valence-electron chi connectivity index (χ2n) is 6.68. The van der Waals surface area contributed by atoms with Gasteiger partial charge in [-0.25, -0.2) is 14.2 Å². The maximum atomic E-state index is 12.8. The predicted octanol–water partition coefficient (Wildman–Crippen LogP) is 3.21. The Morgan fingerprint density at radius 3 is 2.56 bits per heavy atom. The van der Waals surface area contributed by atoms with Crippen LogP contribution in [-0.2, 0) is 11.3 Å². The van der Waals surface area contributed by atoms with Gasteiger partial charge in [-0.2, -0.15) is 0 Å². The van der Waals surface area contributed by atoms with Crippen molar-refractivity contribution in [3.05, 3.63) is 43.5 Å². The Morgan fingerprint density at radius 2 is 1.96 bits per heavy atom. The van der Waals surface area contributed by atoms with E-state index in [1.165, 1.54) is 4.57 Å². The Labute approximate surface area is 151 Å². The summed E-state index contributed by atoms with van der Waals surface area (Å²) < 4.78 is 8.49. The number of nitrogens with zero attached hydrogens (tertiary/aromatic N) is 2. The molecule has 0 radical (unpaired) electrons. The molecular formula is C17H18BrN3O4. The molecule has 0 bridgehead atoms. The number of ether oxygens (including phenoxy) is 1. The SMILES string of the molecule is CCn1c(=O)[nH]c2c3ccc(Br)cc3n(C(=O)OC(C)(C)C)c2c1=O. The molecule has 3 aromatic rings. The molecular weight excluding hydrogens is 390 g/mol. The van der Waals surface area contributed by atoms with Crippen molar-refractivity contribution >= 4 is 44.0 Å². The Morgan fingerprint density at radius 1 is 1.28 bits per heavy atom. The highest BCUT2D eigenvalue weighted by molar-refractivity contribution is 9.10. The van der Waals surface area contributed by atoms with Crippen LogP contribution in [0.1, 0.15) is 27.7 Å². The van der Waals surface area contributed by atoms with Gasteiger partial charge in [-0.3, -0.25) is 9.36 Å². The summed E-state index contributed by atoms with van der Waals surface area (Å²) in [6.07, 6.45) is -0.669. The second kappa shape index (κ2) is 5.87. The van der Waals surface area contributed by atoms with Crippen molar-refractivity contribution in [1.29, 1.82) is 0 Å². The number of hydrogen-bond acceptors (Lipinski definition) is 4. The molecule has 0 unspecified atom stereocenters. The van der Waals surface area contributed by atoms with Gasteiger partial charge in [-0.1, -0.05) is 15.9 Å². The lowest BCUT2D eigenvalue weighted by Gasteiger charge is -2.20.